The van der Waals surface area contributed by atoms with Gasteiger partial charge in [-0.05, 0) is 44.0 Å². The van der Waals surface area contributed by atoms with Crippen LogP contribution in [0.5, 0.6) is 0 Å². The standard InChI is InChI=1S/C14H22ClNO2S/c1-4-14(3,10-11-15)16-12-6-8-13(9-7-12)19(17,18)5-2/h6-9,16H,4-5,10-11H2,1-3H3. The van der Waals surface area contributed by atoms with Crippen LogP contribution in [0.25, 0.3) is 0 Å². The molecule has 19 heavy (non-hydrogen) atoms. The number of sulfone groups is 1. The Bertz CT molecular complexity index is 499. The zero-order valence-electron chi connectivity index (χ0n) is 11.7. The van der Waals surface area contributed by atoms with Gasteiger partial charge in [-0.2, -0.15) is 0 Å². The highest BCUT2D eigenvalue weighted by Crippen LogP contribution is 2.23. The highest BCUT2D eigenvalue weighted by molar-refractivity contribution is 7.91. The van der Waals surface area contributed by atoms with E-state index in [4.69, 9.17) is 11.6 Å². The second-order valence-corrected chi connectivity index (χ2v) is 7.56. The van der Waals surface area contributed by atoms with Gasteiger partial charge in [0.05, 0.1) is 10.6 Å². The molecule has 0 radical (unpaired) electrons. The summed E-state index contributed by atoms with van der Waals surface area (Å²) in [6.45, 7) is 5.87. The smallest absolute Gasteiger partial charge is 0.178 e. The molecule has 1 unspecified atom stereocenters. The molecule has 1 aromatic carbocycles. The minimum absolute atomic E-state index is 0.0626. The number of rotatable bonds is 7. The molecule has 0 aliphatic carbocycles. The molecule has 5 heteroatoms. The molecule has 1 rings (SSSR count). The molecule has 0 spiro atoms. The molecule has 0 saturated heterocycles. The van der Waals surface area contributed by atoms with Gasteiger partial charge in [0.15, 0.2) is 9.84 Å². The van der Waals surface area contributed by atoms with E-state index in [9.17, 15) is 8.42 Å². The summed E-state index contributed by atoms with van der Waals surface area (Å²) in [5, 5.41) is 3.42. The summed E-state index contributed by atoms with van der Waals surface area (Å²) in [5.74, 6) is 0.721. The van der Waals surface area contributed by atoms with Crippen LogP contribution in [-0.4, -0.2) is 25.6 Å². The van der Waals surface area contributed by atoms with E-state index in [1.165, 1.54) is 0 Å². The van der Waals surface area contributed by atoms with Crippen LogP contribution in [0.2, 0.25) is 0 Å². The quantitative estimate of drug-likeness (QED) is 0.781. The summed E-state index contributed by atoms with van der Waals surface area (Å²) in [4.78, 5) is 0.371. The van der Waals surface area contributed by atoms with Crippen molar-refractivity contribution in [3.8, 4) is 0 Å². The van der Waals surface area contributed by atoms with Gasteiger partial charge in [0, 0.05) is 17.1 Å². The fourth-order valence-electron chi connectivity index (χ4n) is 1.80. The molecule has 0 bridgehead atoms. The molecule has 0 fully saturated rings. The summed E-state index contributed by atoms with van der Waals surface area (Å²) in [6, 6.07) is 6.92. The molecule has 1 aromatic rings. The lowest BCUT2D eigenvalue weighted by atomic mass is 9.95. The van der Waals surface area contributed by atoms with Crippen molar-refractivity contribution in [3.05, 3.63) is 24.3 Å². The molecule has 0 aromatic heterocycles. The fourth-order valence-corrected chi connectivity index (χ4v) is 3.10. The Morgan fingerprint density at radius 2 is 1.79 bits per heavy atom. The van der Waals surface area contributed by atoms with Gasteiger partial charge in [-0.1, -0.05) is 13.8 Å². The Labute approximate surface area is 121 Å². The van der Waals surface area contributed by atoms with Crippen LogP contribution in [0.15, 0.2) is 29.2 Å². The zero-order valence-corrected chi connectivity index (χ0v) is 13.3. The van der Waals surface area contributed by atoms with Crippen LogP contribution in [0, 0.1) is 0 Å². The second-order valence-electron chi connectivity index (χ2n) is 4.91. The lowest BCUT2D eigenvalue weighted by Gasteiger charge is -2.30. The first-order valence-electron chi connectivity index (χ1n) is 6.54. The number of hydrogen-bond donors (Lipinski definition) is 1. The van der Waals surface area contributed by atoms with Gasteiger partial charge in [0.2, 0.25) is 0 Å². The third-order valence-electron chi connectivity index (χ3n) is 3.47. The average Bonchev–Trinajstić information content (AvgIpc) is 2.39. The third-order valence-corrected chi connectivity index (χ3v) is 5.41. The SMILES string of the molecule is CCC(C)(CCCl)Nc1ccc(S(=O)(=O)CC)cc1. The predicted molar refractivity (Wildman–Crippen MR) is 81.8 cm³/mol. The first kappa shape index (κ1) is 16.3. The van der Waals surface area contributed by atoms with Crippen molar-refractivity contribution in [3.63, 3.8) is 0 Å². The van der Waals surface area contributed by atoms with E-state index in [1.54, 1.807) is 19.1 Å². The van der Waals surface area contributed by atoms with Crippen LogP contribution in [0.1, 0.15) is 33.6 Å². The maximum atomic E-state index is 11.7. The number of anilines is 1. The lowest BCUT2D eigenvalue weighted by Crippen LogP contribution is -2.34. The van der Waals surface area contributed by atoms with Crippen LogP contribution < -0.4 is 5.32 Å². The molecule has 0 aliphatic rings. The summed E-state index contributed by atoms with van der Waals surface area (Å²) in [6.07, 6.45) is 1.81. The molecule has 1 atom stereocenters. The fraction of sp³-hybridized carbons (Fsp3) is 0.571. The van der Waals surface area contributed by atoms with Crippen molar-refractivity contribution in [1.29, 1.82) is 0 Å². The van der Waals surface area contributed by atoms with Crippen molar-refractivity contribution in [2.24, 2.45) is 0 Å². The highest BCUT2D eigenvalue weighted by atomic mass is 35.5. The molecule has 3 nitrogen and oxygen atoms in total. The minimum atomic E-state index is -3.12. The number of nitrogens with one attached hydrogen (secondary N) is 1. The summed E-state index contributed by atoms with van der Waals surface area (Å²) < 4.78 is 23.4. The van der Waals surface area contributed by atoms with Crippen molar-refractivity contribution in [1.82, 2.24) is 0 Å². The molecule has 0 aliphatic heterocycles. The zero-order chi connectivity index (χ0) is 14.5. The average molecular weight is 304 g/mol. The van der Waals surface area contributed by atoms with E-state index in [0.29, 0.717) is 10.8 Å². The van der Waals surface area contributed by atoms with Crippen LogP contribution in [0.4, 0.5) is 5.69 Å². The van der Waals surface area contributed by atoms with E-state index in [0.717, 1.165) is 18.5 Å². The van der Waals surface area contributed by atoms with Gasteiger partial charge >= 0.3 is 0 Å². The Kier molecular flexibility index (Phi) is 5.68. The molecule has 1 N–H and O–H groups in total. The van der Waals surface area contributed by atoms with Gasteiger partial charge in [0.25, 0.3) is 0 Å². The summed E-state index contributed by atoms with van der Waals surface area (Å²) in [7, 11) is -3.12. The maximum absolute atomic E-state index is 11.7. The Balaban J connectivity index is 2.88. The predicted octanol–water partition coefficient (Wildman–Crippen LogP) is 3.69. The number of halogens is 1. The van der Waals surface area contributed by atoms with Gasteiger partial charge in [-0.25, -0.2) is 8.42 Å². The molecule has 0 amide bonds. The highest BCUT2D eigenvalue weighted by Gasteiger charge is 2.21. The van der Waals surface area contributed by atoms with Crippen molar-refractivity contribution in [2.75, 3.05) is 16.9 Å². The minimum Gasteiger partial charge on any atom is -0.380 e. The van der Waals surface area contributed by atoms with Crippen molar-refractivity contribution >= 4 is 27.1 Å². The van der Waals surface area contributed by atoms with Crippen molar-refractivity contribution in [2.45, 2.75) is 44.0 Å². The largest absolute Gasteiger partial charge is 0.380 e. The third kappa shape index (κ3) is 4.39. The van der Waals surface area contributed by atoms with E-state index >= 15 is 0 Å². The normalized spacial score (nSPS) is 14.9. The van der Waals surface area contributed by atoms with Gasteiger partial charge in [0.1, 0.15) is 0 Å². The van der Waals surface area contributed by atoms with E-state index in [-0.39, 0.29) is 11.3 Å². The number of benzene rings is 1. The van der Waals surface area contributed by atoms with Gasteiger partial charge in [-0.15, -0.1) is 11.6 Å². The summed E-state index contributed by atoms with van der Waals surface area (Å²) in [5.41, 5.74) is 0.858. The molecular weight excluding hydrogens is 282 g/mol. The van der Waals surface area contributed by atoms with Crippen LogP contribution in [0.3, 0.4) is 0 Å². The van der Waals surface area contributed by atoms with Crippen LogP contribution in [-0.2, 0) is 9.84 Å². The topological polar surface area (TPSA) is 46.2 Å². The van der Waals surface area contributed by atoms with Crippen molar-refractivity contribution < 1.29 is 8.42 Å². The maximum Gasteiger partial charge on any atom is 0.178 e. The monoisotopic (exact) mass is 303 g/mol. The molecule has 0 heterocycles. The van der Waals surface area contributed by atoms with Crippen LogP contribution >= 0.6 is 11.6 Å². The first-order valence-corrected chi connectivity index (χ1v) is 8.72. The van der Waals surface area contributed by atoms with E-state index in [2.05, 4.69) is 19.2 Å². The van der Waals surface area contributed by atoms with Gasteiger partial charge in [-0.3, -0.25) is 0 Å². The van der Waals surface area contributed by atoms with Gasteiger partial charge < -0.3 is 5.32 Å². The summed E-state index contributed by atoms with van der Waals surface area (Å²) >= 11 is 5.82. The Morgan fingerprint density at radius 3 is 2.21 bits per heavy atom. The number of alkyl halides is 1. The molecule has 0 saturated carbocycles. The Hall–Kier alpha value is -0.740. The van der Waals surface area contributed by atoms with E-state index < -0.39 is 9.84 Å². The Morgan fingerprint density at radius 1 is 1.21 bits per heavy atom. The second kappa shape index (κ2) is 6.62. The lowest BCUT2D eigenvalue weighted by molar-refractivity contribution is 0.481. The van der Waals surface area contributed by atoms with E-state index in [1.807, 2.05) is 12.1 Å². The first-order chi connectivity index (χ1) is 8.87. The number of hydrogen-bond acceptors (Lipinski definition) is 3. The molecule has 108 valence electrons. The molecular formula is C14H22ClNO2S.